The molecule has 1 aromatic rings. The molecule has 1 aliphatic rings. The lowest BCUT2D eigenvalue weighted by molar-refractivity contribution is 0.0946. The normalized spacial score (nSPS) is 17.5. The van der Waals surface area contributed by atoms with Crippen LogP contribution in [0.2, 0.25) is 0 Å². The van der Waals surface area contributed by atoms with Crippen molar-refractivity contribution in [2.75, 3.05) is 12.3 Å². The maximum absolute atomic E-state index is 11.8. The molecule has 0 saturated heterocycles. The van der Waals surface area contributed by atoms with Gasteiger partial charge in [-0.15, -0.1) is 0 Å². The van der Waals surface area contributed by atoms with Crippen LogP contribution in [0, 0.1) is 12.3 Å². The monoisotopic (exact) mass is 208 g/mol. The molecule has 0 spiro atoms. The molecular formula is C10H16N4O. The quantitative estimate of drug-likeness (QED) is 0.688. The van der Waals surface area contributed by atoms with Crippen molar-refractivity contribution in [1.29, 1.82) is 0 Å². The number of hydrogen-bond donors (Lipinski definition) is 3. The summed E-state index contributed by atoms with van der Waals surface area (Å²) >= 11 is 0. The number of carbonyl (C=O) groups is 1. The molecule has 0 radical (unpaired) electrons. The molecule has 4 N–H and O–H groups in total. The first kappa shape index (κ1) is 10.0. The molecule has 0 aliphatic heterocycles. The van der Waals surface area contributed by atoms with Gasteiger partial charge in [0.15, 0.2) is 5.82 Å². The standard InChI is InChI=1S/C10H16N4O/c1-6-7(8(11)14-13-6)9(15)12-5-10(2)3-4-10/h3-5H2,1-2H3,(H,12,15)(H3,11,13,14). The van der Waals surface area contributed by atoms with Gasteiger partial charge in [0.05, 0.1) is 0 Å². The second-order valence-electron chi connectivity index (χ2n) is 4.60. The number of nitrogens with two attached hydrogens (primary N) is 1. The Morgan fingerprint density at radius 3 is 2.80 bits per heavy atom. The summed E-state index contributed by atoms with van der Waals surface area (Å²) in [5.41, 5.74) is 7.09. The number of anilines is 1. The Bertz CT molecular complexity index is 373. The number of H-pyrrole nitrogens is 1. The zero-order chi connectivity index (χ0) is 11.1. The predicted octanol–water partition coefficient (Wildman–Crippen LogP) is 0.830. The zero-order valence-corrected chi connectivity index (χ0v) is 9.05. The Balaban J connectivity index is 2.01. The summed E-state index contributed by atoms with van der Waals surface area (Å²) in [7, 11) is 0. The van der Waals surface area contributed by atoms with Crippen LogP contribution >= 0.6 is 0 Å². The van der Waals surface area contributed by atoms with E-state index in [0.29, 0.717) is 16.7 Å². The summed E-state index contributed by atoms with van der Waals surface area (Å²) in [5.74, 6) is 0.137. The van der Waals surface area contributed by atoms with Crippen molar-refractivity contribution in [3.8, 4) is 0 Å². The molecule has 1 aliphatic carbocycles. The Morgan fingerprint density at radius 1 is 1.67 bits per heavy atom. The molecule has 0 unspecified atom stereocenters. The predicted molar refractivity (Wildman–Crippen MR) is 57.4 cm³/mol. The lowest BCUT2D eigenvalue weighted by atomic mass is 10.1. The van der Waals surface area contributed by atoms with Gasteiger partial charge >= 0.3 is 0 Å². The average molecular weight is 208 g/mol. The van der Waals surface area contributed by atoms with Crippen LogP contribution in [0.3, 0.4) is 0 Å². The molecule has 5 heteroatoms. The van der Waals surface area contributed by atoms with Crippen LogP contribution in [0.1, 0.15) is 35.8 Å². The molecule has 1 heterocycles. The van der Waals surface area contributed by atoms with Gasteiger partial charge in [-0.2, -0.15) is 5.10 Å². The molecular weight excluding hydrogens is 192 g/mol. The largest absolute Gasteiger partial charge is 0.382 e. The second kappa shape index (κ2) is 3.25. The van der Waals surface area contributed by atoms with Crippen LogP contribution in [-0.4, -0.2) is 22.6 Å². The maximum atomic E-state index is 11.8. The van der Waals surface area contributed by atoms with E-state index in [4.69, 9.17) is 5.73 Å². The van der Waals surface area contributed by atoms with E-state index in [1.165, 1.54) is 12.8 Å². The number of amides is 1. The van der Waals surface area contributed by atoms with Crippen molar-refractivity contribution in [3.63, 3.8) is 0 Å². The number of aryl methyl sites for hydroxylation is 1. The summed E-state index contributed by atoms with van der Waals surface area (Å²) in [6.45, 7) is 4.67. The van der Waals surface area contributed by atoms with Gasteiger partial charge in [0.1, 0.15) is 5.56 Å². The van der Waals surface area contributed by atoms with Crippen molar-refractivity contribution in [2.45, 2.75) is 26.7 Å². The Kier molecular flexibility index (Phi) is 2.17. The molecule has 1 fully saturated rings. The molecule has 15 heavy (non-hydrogen) atoms. The molecule has 5 nitrogen and oxygen atoms in total. The van der Waals surface area contributed by atoms with Gasteiger partial charge in [-0.1, -0.05) is 6.92 Å². The van der Waals surface area contributed by atoms with Gasteiger partial charge in [0, 0.05) is 12.2 Å². The first-order chi connectivity index (χ1) is 7.02. The SMILES string of the molecule is Cc1[nH]nc(N)c1C(=O)NCC1(C)CC1. The van der Waals surface area contributed by atoms with Crippen LogP contribution in [0.4, 0.5) is 5.82 Å². The summed E-state index contributed by atoms with van der Waals surface area (Å²) in [5, 5.41) is 9.37. The molecule has 2 rings (SSSR count). The van der Waals surface area contributed by atoms with E-state index in [1.54, 1.807) is 6.92 Å². The van der Waals surface area contributed by atoms with Gasteiger partial charge < -0.3 is 11.1 Å². The van der Waals surface area contributed by atoms with E-state index in [2.05, 4.69) is 22.4 Å². The molecule has 82 valence electrons. The summed E-state index contributed by atoms with van der Waals surface area (Å²) in [6, 6.07) is 0. The Hall–Kier alpha value is -1.52. The van der Waals surface area contributed by atoms with Crippen molar-refractivity contribution in [3.05, 3.63) is 11.3 Å². The molecule has 0 aromatic carbocycles. The minimum absolute atomic E-state index is 0.133. The van der Waals surface area contributed by atoms with Crippen LogP contribution in [0.25, 0.3) is 0 Å². The molecule has 1 saturated carbocycles. The van der Waals surface area contributed by atoms with Gasteiger partial charge in [0.25, 0.3) is 5.91 Å². The van der Waals surface area contributed by atoms with E-state index in [0.717, 1.165) is 6.54 Å². The number of nitrogen functional groups attached to an aromatic ring is 1. The Labute approximate surface area is 88.4 Å². The van der Waals surface area contributed by atoms with Crippen LogP contribution in [-0.2, 0) is 0 Å². The smallest absolute Gasteiger partial charge is 0.256 e. The third-order valence-electron chi connectivity index (χ3n) is 2.98. The fraction of sp³-hybridized carbons (Fsp3) is 0.600. The van der Waals surface area contributed by atoms with Gasteiger partial charge in [0.2, 0.25) is 0 Å². The fourth-order valence-corrected chi connectivity index (χ4v) is 1.51. The maximum Gasteiger partial charge on any atom is 0.256 e. The summed E-state index contributed by atoms with van der Waals surface area (Å²) in [6.07, 6.45) is 2.38. The van der Waals surface area contributed by atoms with E-state index >= 15 is 0 Å². The molecule has 0 atom stereocenters. The highest BCUT2D eigenvalue weighted by Crippen LogP contribution is 2.44. The number of hydrogen-bond acceptors (Lipinski definition) is 3. The first-order valence-corrected chi connectivity index (χ1v) is 5.10. The van der Waals surface area contributed by atoms with Gasteiger partial charge in [-0.25, -0.2) is 0 Å². The number of aromatic nitrogens is 2. The highest BCUT2D eigenvalue weighted by molar-refractivity contribution is 5.99. The fourth-order valence-electron chi connectivity index (χ4n) is 1.51. The first-order valence-electron chi connectivity index (χ1n) is 5.10. The van der Waals surface area contributed by atoms with E-state index in [1.807, 2.05) is 0 Å². The van der Waals surface area contributed by atoms with Crippen molar-refractivity contribution < 1.29 is 4.79 Å². The van der Waals surface area contributed by atoms with Crippen molar-refractivity contribution in [2.24, 2.45) is 5.41 Å². The third-order valence-corrected chi connectivity index (χ3v) is 2.98. The van der Waals surface area contributed by atoms with Crippen LogP contribution < -0.4 is 11.1 Å². The van der Waals surface area contributed by atoms with Crippen molar-refractivity contribution in [1.82, 2.24) is 15.5 Å². The minimum atomic E-state index is -0.133. The second-order valence-corrected chi connectivity index (χ2v) is 4.60. The molecule has 1 amide bonds. The van der Waals surface area contributed by atoms with E-state index in [9.17, 15) is 4.79 Å². The van der Waals surface area contributed by atoms with Gasteiger partial charge in [-0.3, -0.25) is 9.89 Å². The van der Waals surface area contributed by atoms with E-state index < -0.39 is 0 Å². The average Bonchev–Trinajstić information content (AvgIpc) is 2.82. The number of nitrogens with zero attached hydrogens (tertiary/aromatic N) is 1. The minimum Gasteiger partial charge on any atom is -0.382 e. The van der Waals surface area contributed by atoms with Crippen LogP contribution in [0.5, 0.6) is 0 Å². The van der Waals surface area contributed by atoms with Crippen molar-refractivity contribution >= 4 is 11.7 Å². The molecule has 1 aromatic heterocycles. The number of aromatic amines is 1. The lowest BCUT2D eigenvalue weighted by Gasteiger charge is -2.09. The summed E-state index contributed by atoms with van der Waals surface area (Å²) in [4.78, 5) is 11.8. The Morgan fingerprint density at radius 2 is 2.33 bits per heavy atom. The number of carbonyl (C=O) groups excluding carboxylic acids is 1. The number of rotatable bonds is 3. The topological polar surface area (TPSA) is 83.8 Å². The third kappa shape index (κ3) is 1.95. The highest BCUT2D eigenvalue weighted by Gasteiger charge is 2.37. The van der Waals surface area contributed by atoms with Crippen LogP contribution in [0.15, 0.2) is 0 Å². The summed E-state index contributed by atoms with van der Waals surface area (Å²) < 4.78 is 0. The highest BCUT2D eigenvalue weighted by atomic mass is 16.1. The zero-order valence-electron chi connectivity index (χ0n) is 9.05. The number of nitrogens with one attached hydrogen (secondary N) is 2. The van der Waals surface area contributed by atoms with Gasteiger partial charge in [-0.05, 0) is 25.2 Å². The van der Waals surface area contributed by atoms with E-state index in [-0.39, 0.29) is 11.7 Å². The lowest BCUT2D eigenvalue weighted by Crippen LogP contribution is -2.29. The molecule has 0 bridgehead atoms.